The van der Waals surface area contributed by atoms with Crippen LogP contribution in [0.2, 0.25) is 0 Å². The molecule has 0 radical (unpaired) electrons. The lowest BCUT2D eigenvalue weighted by Crippen LogP contribution is -2.35. The molecule has 0 unspecified atom stereocenters. The Bertz CT molecular complexity index is 892. The van der Waals surface area contributed by atoms with Crippen LogP contribution < -0.4 is 4.90 Å². The number of aryl methyl sites for hydroxylation is 1. The molecule has 5 nitrogen and oxygen atoms in total. The summed E-state index contributed by atoms with van der Waals surface area (Å²) >= 11 is 0. The van der Waals surface area contributed by atoms with Gasteiger partial charge in [0.1, 0.15) is 5.82 Å². The van der Waals surface area contributed by atoms with Crippen LogP contribution in [0.1, 0.15) is 31.0 Å². The summed E-state index contributed by atoms with van der Waals surface area (Å²) in [7, 11) is 1.92. The van der Waals surface area contributed by atoms with Gasteiger partial charge in [0.25, 0.3) is 0 Å². The minimum Gasteiger partial charge on any atom is -0.347 e. The molecule has 0 saturated carbocycles. The van der Waals surface area contributed by atoms with E-state index in [9.17, 15) is 8.78 Å². The topological polar surface area (TPSA) is 46.8 Å². The minimum atomic E-state index is -0.907. The van der Waals surface area contributed by atoms with Gasteiger partial charge in [-0.05, 0) is 25.3 Å². The molecule has 1 aromatic carbocycles. The molecule has 0 aliphatic carbocycles. The number of fused-ring (bicyclic) bond motifs is 1. The van der Waals surface area contributed by atoms with Crippen LogP contribution in [0, 0.1) is 11.6 Å². The Morgan fingerprint density at radius 1 is 1.12 bits per heavy atom. The van der Waals surface area contributed by atoms with Crippen molar-refractivity contribution in [2.75, 3.05) is 11.4 Å². The number of rotatable bonds is 2. The normalized spacial score (nSPS) is 18.3. The zero-order valence-corrected chi connectivity index (χ0v) is 13.3. The third-order valence-electron chi connectivity index (χ3n) is 4.57. The molecule has 3 aromatic rings. The lowest BCUT2D eigenvalue weighted by Gasteiger charge is -2.36. The molecule has 0 spiro atoms. The highest BCUT2D eigenvalue weighted by Crippen LogP contribution is 2.34. The average molecular weight is 329 g/mol. The molecule has 1 atom stereocenters. The lowest BCUT2D eigenvalue weighted by atomic mass is 9.99. The first-order valence-corrected chi connectivity index (χ1v) is 8.00. The van der Waals surface area contributed by atoms with Gasteiger partial charge in [-0.2, -0.15) is 5.10 Å². The monoisotopic (exact) mass is 329 g/mol. The predicted octanol–water partition coefficient (Wildman–Crippen LogP) is 3.37. The standard InChI is InChI=1S/C17H17F2N5/c1-23-15(5-6-21-23)16-4-2-3-7-24(16)17-10-20-13-8-11(18)12(19)9-14(13)22-17/h5-6,8-10,16H,2-4,7H2,1H3/t16-/m1/s1. The average Bonchev–Trinajstić information content (AvgIpc) is 3.01. The van der Waals surface area contributed by atoms with E-state index in [2.05, 4.69) is 20.0 Å². The Balaban J connectivity index is 1.76. The van der Waals surface area contributed by atoms with Crippen LogP contribution in [0.4, 0.5) is 14.6 Å². The van der Waals surface area contributed by atoms with Gasteiger partial charge < -0.3 is 4.90 Å². The Morgan fingerprint density at radius 2 is 1.92 bits per heavy atom. The zero-order valence-electron chi connectivity index (χ0n) is 13.3. The molecule has 0 N–H and O–H groups in total. The second kappa shape index (κ2) is 5.81. The number of aromatic nitrogens is 4. The molecule has 2 aromatic heterocycles. The number of hydrogen-bond donors (Lipinski definition) is 0. The largest absolute Gasteiger partial charge is 0.347 e. The van der Waals surface area contributed by atoms with Crippen molar-refractivity contribution in [2.24, 2.45) is 7.05 Å². The SMILES string of the molecule is Cn1nccc1[C@H]1CCCCN1c1cnc2cc(F)c(F)cc2n1. The maximum Gasteiger partial charge on any atom is 0.161 e. The fourth-order valence-corrected chi connectivity index (χ4v) is 3.36. The molecular formula is C17H17F2N5. The van der Waals surface area contributed by atoms with Crippen molar-refractivity contribution in [1.29, 1.82) is 0 Å². The minimum absolute atomic E-state index is 0.156. The van der Waals surface area contributed by atoms with E-state index in [0.29, 0.717) is 16.9 Å². The first kappa shape index (κ1) is 15.0. The smallest absolute Gasteiger partial charge is 0.161 e. The van der Waals surface area contributed by atoms with Gasteiger partial charge in [0.05, 0.1) is 29.0 Å². The van der Waals surface area contributed by atoms with E-state index in [-0.39, 0.29) is 6.04 Å². The van der Waals surface area contributed by atoms with Crippen LogP contribution in [0.3, 0.4) is 0 Å². The summed E-state index contributed by atoms with van der Waals surface area (Å²) < 4.78 is 28.7. The van der Waals surface area contributed by atoms with Crippen LogP contribution >= 0.6 is 0 Å². The lowest BCUT2D eigenvalue weighted by molar-refractivity contribution is 0.447. The number of hydrogen-bond acceptors (Lipinski definition) is 4. The van der Waals surface area contributed by atoms with E-state index in [1.54, 1.807) is 12.4 Å². The summed E-state index contributed by atoms with van der Waals surface area (Å²) in [6.07, 6.45) is 6.61. The van der Waals surface area contributed by atoms with Crippen molar-refractivity contribution >= 4 is 16.9 Å². The number of halogens is 2. The molecule has 1 aliphatic heterocycles. The summed E-state index contributed by atoms with van der Waals surface area (Å²) in [5.74, 6) is -1.13. The number of nitrogens with zero attached hydrogens (tertiary/aromatic N) is 5. The van der Waals surface area contributed by atoms with Crippen molar-refractivity contribution in [2.45, 2.75) is 25.3 Å². The fourth-order valence-electron chi connectivity index (χ4n) is 3.36. The first-order valence-electron chi connectivity index (χ1n) is 8.00. The van der Waals surface area contributed by atoms with Gasteiger partial charge in [-0.15, -0.1) is 0 Å². The maximum absolute atomic E-state index is 13.5. The molecule has 1 fully saturated rings. The van der Waals surface area contributed by atoms with Gasteiger partial charge >= 0.3 is 0 Å². The summed E-state index contributed by atoms with van der Waals surface area (Å²) in [5.41, 5.74) is 1.83. The summed E-state index contributed by atoms with van der Waals surface area (Å²) in [6, 6.07) is 4.34. The molecule has 24 heavy (non-hydrogen) atoms. The third kappa shape index (κ3) is 2.50. The highest BCUT2D eigenvalue weighted by molar-refractivity contribution is 5.75. The molecule has 7 heteroatoms. The molecule has 3 heterocycles. The molecular weight excluding hydrogens is 312 g/mol. The van der Waals surface area contributed by atoms with Crippen molar-refractivity contribution in [3.63, 3.8) is 0 Å². The van der Waals surface area contributed by atoms with Gasteiger partial charge in [0.2, 0.25) is 0 Å². The molecule has 1 saturated heterocycles. The number of benzene rings is 1. The Kier molecular flexibility index (Phi) is 3.63. The van der Waals surface area contributed by atoms with Crippen molar-refractivity contribution < 1.29 is 8.78 Å². The van der Waals surface area contributed by atoms with E-state index >= 15 is 0 Å². The summed E-state index contributed by atoms with van der Waals surface area (Å²) in [6.45, 7) is 0.847. The van der Waals surface area contributed by atoms with Crippen molar-refractivity contribution in [1.82, 2.24) is 19.7 Å². The Morgan fingerprint density at radius 3 is 2.67 bits per heavy atom. The number of piperidine rings is 1. The van der Waals surface area contributed by atoms with E-state index in [0.717, 1.165) is 43.6 Å². The number of anilines is 1. The highest BCUT2D eigenvalue weighted by Gasteiger charge is 2.27. The van der Waals surface area contributed by atoms with E-state index < -0.39 is 11.6 Å². The van der Waals surface area contributed by atoms with Crippen molar-refractivity contribution in [3.05, 3.63) is 47.9 Å². The molecule has 124 valence electrons. The van der Waals surface area contributed by atoms with Gasteiger partial charge in [0.15, 0.2) is 11.6 Å². The fraction of sp³-hybridized carbons (Fsp3) is 0.353. The van der Waals surface area contributed by atoms with Gasteiger partial charge in [-0.25, -0.2) is 13.8 Å². The van der Waals surface area contributed by atoms with Crippen LogP contribution in [0.5, 0.6) is 0 Å². The van der Waals surface area contributed by atoms with Crippen molar-refractivity contribution in [3.8, 4) is 0 Å². The first-order chi connectivity index (χ1) is 11.6. The maximum atomic E-state index is 13.5. The van der Waals surface area contributed by atoms with Gasteiger partial charge in [-0.3, -0.25) is 9.67 Å². The van der Waals surface area contributed by atoms with Gasteiger partial charge in [-0.1, -0.05) is 0 Å². The second-order valence-corrected chi connectivity index (χ2v) is 6.07. The van der Waals surface area contributed by atoms with Crippen LogP contribution in [0.15, 0.2) is 30.6 Å². The predicted molar refractivity (Wildman–Crippen MR) is 86.6 cm³/mol. The molecule has 1 aliphatic rings. The third-order valence-corrected chi connectivity index (χ3v) is 4.57. The van der Waals surface area contributed by atoms with Crippen LogP contribution in [-0.4, -0.2) is 26.3 Å². The Hall–Kier alpha value is -2.57. The van der Waals surface area contributed by atoms with Crippen LogP contribution in [-0.2, 0) is 7.05 Å². The van der Waals surface area contributed by atoms with E-state index in [1.165, 1.54) is 0 Å². The summed E-state index contributed by atoms with van der Waals surface area (Å²) in [5, 5.41) is 4.25. The molecule has 0 bridgehead atoms. The zero-order chi connectivity index (χ0) is 16.7. The van der Waals surface area contributed by atoms with Gasteiger partial charge in [0, 0.05) is 31.9 Å². The highest BCUT2D eigenvalue weighted by atomic mass is 19.2. The quantitative estimate of drug-likeness (QED) is 0.723. The van der Waals surface area contributed by atoms with E-state index in [4.69, 9.17) is 0 Å². The summed E-state index contributed by atoms with van der Waals surface area (Å²) in [4.78, 5) is 11.0. The second-order valence-electron chi connectivity index (χ2n) is 6.07. The molecule has 4 rings (SSSR count). The van der Waals surface area contributed by atoms with Crippen LogP contribution in [0.25, 0.3) is 11.0 Å². The molecule has 0 amide bonds. The Labute approximate surface area is 137 Å². The van der Waals surface area contributed by atoms with E-state index in [1.807, 2.05) is 17.8 Å².